The monoisotopic (exact) mass is 346 g/mol. The third-order valence-corrected chi connectivity index (χ3v) is 4.98. The molecule has 0 saturated carbocycles. The summed E-state index contributed by atoms with van der Waals surface area (Å²) in [6.07, 6.45) is 19.6. The van der Waals surface area contributed by atoms with E-state index in [9.17, 15) is 0 Å². The average molecular weight is 347 g/mol. The molecule has 2 nitrogen and oxygen atoms in total. The van der Waals surface area contributed by atoms with Crippen LogP contribution in [0.3, 0.4) is 0 Å². The SMILES string of the molecule is CN(C)c1ccc(/C=C2/C=C(C=C3C=CC(N(C)C)C=C3)CCC2)cc1. The maximum absolute atomic E-state index is 2.37. The Morgan fingerprint density at radius 2 is 1.58 bits per heavy atom. The lowest BCUT2D eigenvalue weighted by atomic mass is 9.92. The second kappa shape index (κ2) is 8.37. The van der Waals surface area contributed by atoms with Crippen molar-refractivity contribution in [1.29, 1.82) is 0 Å². The van der Waals surface area contributed by atoms with Crippen molar-refractivity contribution in [1.82, 2.24) is 4.90 Å². The van der Waals surface area contributed by atoms with E-state index in [4.69, 9.17) is 0 Å². The summed E-state index contributed by atoms with van der Waals surface area (Å²) in [5.74, 6) is 0. The molecule has 2 heteroatoms. The van der Waals surface area contributed by atoms with E-state index in [1.807, 2.05) is 0 Å². The lowest BCUT2D eigenvalue weighted by Gasteiger charge is -2.20. The fourth-order valence-corrected chi connectivity index (χ4v) is 3.38. The van der Waals surface area contributed by atoms with Crippen LogP contribution in [0.1, 0.15) is 24.8 Å². The molecule has 0 fully saturated rings. The van der Waals surface area contributed by atoms with E-state index in [-0.39, 0.29) is 0 Å². The molecule has 3 rings (SSSR count). The quantitative estimate of drug-likeness (QED) is 0.736. The molecule has 2 aliphatic carbocycles. The topological polar surface area (TPSA) is 6.48 Å². The van der Waals surface area contributed by atoms with Crippen LogP contribution in [0.2, 0.25) is 0 Å². The standard InChI is InChI=1S/C24H30N2/c1-25(2)23-12-8-19(9-13-23)16-21-6-5-7-22(18-21)17-20-10-14-24(15-11-20)26(3)4/h8-18,23H,5-7H2,1-4H3/b19-16?,22-17+. The van der Waals surface area contributed by atoms with Crippen LogP contribution >= 0.6 is 0 Å². The van der Waals surface area contributed by atoms with Gasteiger partial charge in [-0.3, -0.25) is 4.90 Å². The molecule has 0 bridgehead atoms. The Morgan fingerprint density at radius 3 is 2.19 bits per heavy atom. The van der Waals surface area contributed by atoms with Gasteiger partial charge in [-0.05, 0) is 67.8 Å². The zero-order chi connectivity index (χ0) is 18.5. The highest BCUT2D eigenvalue weighted by molar-refractivity contribution is 5.61. The first-order valence-electron chi connectivity index (χ1n) is 9.44. The smallest absolute Gasteiger partial charge is 0.0462 e. The van der Waals surface area contributed by atoms with E-state index in [0.29, 0.717) is 6.04 Å². The predicted molar refractivity (Wildman–Crippen MR) is 115 cm³/mol. The molecular formula is C24H30N2. The first-order valence-corrected chi connectivity index (χ1v) is 9.44. The zero-order valence-electron chi connectivity index (χ0n) is 16.4. The number of hydrogen-bond acceptors (Lipinski definition) is 2. The van der Waals surface area contributed by atoms with E-state index < -0.39 is 0 Å². The minimum atomic E-state index is 0.410. The highest BCUT2D eigenvalue weighted by Gasteiger charge is 2.09. The van der Waals surface area contributed by atoms with Gasteiger partial charge < -0.3 is 4.90 Å². The molecule has 0 aliphatic heterocycles. The molecule has 0 saturated heterocycles. The molecule has 0 radical (unpaired) electrons. The number of rotatable bonds is 4. The van der Waals surface area contributed by atoms with Gasteiger partial charge in [-0.1, -0.05) is 54.7 Å². The summed E-state index contributed by atoms with van der Waals surface area (Å²) in [7, 11) is 8.37. The van der Waals surface area contributed by atoms with Crippen LogP contribution in [0.15, 0.2) is 77.4 Å². The summed E-state index contributed by atoms with van der Waals surface area (Å²) in [4.78, 5) is 4.35. The third kappa shape index (κ3) is 4.86. The van der Waals surface area contributed by atoms with Crippen LogP contribution < -0.4 is 4.90 Å². The van der Waals surface area contributed by atoms with Crippen LogP contribution in [0.5, 0.6) is 0 Å². The van der Waals surface area contributed by atoms with Crippen molar-refractivity contribution in [2.45, 2.75) is 25.3 Å². The van der Waals surface area contributed by atoms with Gasteiger partial charge in [-0.25, -0.2) is 0 Å². The van der Waals surface area contributed by atoms with Crippen molar-refractivity contribution >= 4 is 11.8 Å². The van der Waals surface area contributed by atoms with Gasteiger partial charge in [0, 0.05) is 25.8 Å². The van der Waals surface area contributed by atoms with Crippen LogP contribution in [0.25, 0.3) is 6.08 Å². The number of likely N-dealkylation sites (N-methyl/N-ethyl adjacent to an activating group) is 1. The molecule has 0 amide bonds. The Kier molecular flexibility index (Phi) is 5.95. The van der Waals surface area contributed by atoms with Gasteiger partial charge in [-0.15, -0.1) is 0 Å². The van der Waals surface area contributed by atoms with Crippen molar-refractivity contribution in [3.63, 3.8) is 0 Å². The molecule has 0 spiro atoms. The number of benzene rings is 1. The lowest BCUT2D eigenvalue weighted by molar-refractivity contribution is 0.390. The van der Waals surface area contributed by atoms with Gasteiger partial charge in [0.25, 0.3) is 0 Å². The predicted octanol–water partition coefficient (Wildman–Crippen LogP) is 5.23. The fraction of sp³-hybridized carbons (Fsp3) is 0.333. The summed E-state index contributed by atoms with van der Waals surface area (Å²) >= 11 is 0. The Labute approximate surface area is 158 Å². The molecule has 0 unspecified atom stereocenters. The van der Waals surface area contributed by atoms with Crippen molar-refractivity contribution in [3.05, 3.63) is 83.0 Å². The first-order chi connectivity index (χ1) is 12.5. The minimum absolute atomic E-state index is 0.410. The highest BCUT2D eigenvalue weighted by atomic mass is 15.1. The Bertz CT molecular complexity index is 755. The summed E-state index contributed by atoms with van der Waals surface area (Å²) in [5.41, 5.74) is 6.67. The summed E-state index contributed by atoms with van der Waals surface area (Å²) in [5, 5.41) is 0. The summed E-state index contributed by atoms with van der Waals surface area (Å²) in [6.45, 7) is 0. The molecule has 1 aromatic carbocycles. The molecule has 1 aromatic rings. The third-order valence-electron chi connectivity index (χ3n) is 4.98. The van der Waals surface area contributed by atoms with E-state index in [0.717, 1.165) is 6.42 Å². The zero-order valence-corrected chi connectivity index (χ0v) is 16.4. The molecule has 0 heterocycles. The molecule has 0 aromatic heterocycles. The summed E-state index contributed by atoms with van der Waals surface area (Å²) in [6, 6.07) is 9.18. The van der Waals surface area contributed by atoms with Crippen LogP contribution in [0.4, 0.5) is 5.69 Å². The van der Waals surface area contributed by atoms with E-state index in [1.54, 1.807) is 0 Å². The van der Waals surface area contributed by atoms with Crippen molar-refractivity contribution in [2.24, 2.45) is 0 Å². The molecular weight excluding hydrogens is 316 g/mol. The minimum Gasteiger partial charge on any atom is -0.378 e. The first kappa shape index (κ1) is 18.5. The number of allylic oxidation sites excluding steroid dienone is 7. The Balaban J connectivity index is 1.74. The molecule has 0 atom stereocenters. The molecule has 136 valence electrons. The fourth-order valence-electron chi connectivity index (χ4n) is 3.38. The van der Waals surface area contributed by atoms with Gasteiger partial charge in [0.15, 0.2) is 0 Å². The average Bonchev–Trinajstić information content (AvgIpc) is 2.63. The Hall–Kier alpha value is -2.32. The van der Waals surface area contributed by atoms with E-state index in [1.165, 1.54) is 40.8 Å². The largest absolute Gasteiger partial charge is 0.378 e. The van der Waals surface area contributed by atoms with Gasteiger partial charge in [0.05, 0.1) is 0 Å². The van der Waals surface area contributed by atoms with E-state index >= 15 is 0 Å². The normalized spacial score (nSPS) is 21.3. The van der Waals surface area contributed by atoms with Crippen molar-refractivity contribution < 1.29 is 0 Å². The number of anilines is 1. The summed E-state index contributed by atoms with van der Waals surface area (Å²) < 4.78 is 0. The van der Waals surface area contributed by atoms with Crippen LogP contribution in [-0.2, 0) is 0 Å². The van der Waals surface area contributed by atoms with Crippen molar-refractivity contribution in [2.75, 3.05) is 33.1 Å². The van der Waals surface area contributed by atoms with Gasteiger partial charge in [-0.2, -0.15) is 0 Å². The highest BCUT2D eigenvalue weighted by Crippen LogP contribution is 2.27. The van der Waals surface area contributed by atoms with Gasteiger partial charge in [0.2, 0.25) is 0 Å². The second-order valence-electron chi connectivity index (χ2n) is 7.59. The number of nitrogens with zero attached hydrogens (tertiary/aromatic N) is 2. The molecule has 2 aliphatic rings. The maximum Gasteiger partial charge on any atom is 0.0462 e. The van der Waals surface area contributed by atoms with Gasteiger partial charge in [0.1, 0.15) is 0 Å². The van der Waals surface area contributed by atoms with Gasteiger partial charge >= 0.3 is 0 Å². The second-order valence-corrected chi connectivity index (χ2v) is 7.59. The van der Waals surface area contributed by atoms with E-state index in [2.05, 4.69) is 105 Å². The molecule has 0 N–H and O–H groups in total. The lowest BCUT2D eigenvalue weighted by Crippen LogP contribution is -2.24. The molecule has 26 heavy (non-hydrogen) atoms. The maximum atomic E-state index is 2.37. The van der Waals surface area contributed by atoms with Crippen LogP contribution in [0, 0.1) is 0 Å². The van der Waals surface area contributed by atoms with Crippen LogP contribution in [-0.4, -0.2) is 39.1 Å². The number of hydrogen-bond donors (Lipinski definition) is 0. The Morgan fingerprint density at radius 1 is 0.885 bits per heavy atom. The van der Waals surface area contributed by atoms with Crippen molar-refractivity contribution in [3.8, 4) is 0 Å².